The molecule has 70 valence electrons. The molecule has 0 radical (unpaired) electrons. The Kier molecular flexibility index (Phi) is 3.85. The average Bonchev–Trinajstić information content (AvgIpc) is 2.05. The van der Waals surface area contributed by atoms with Crippen molar-refractivity contribution in [3.8, 4) is 0 Å². The number of carbonyl (C=O) groups excluding carboxylic acids is 1. The fourth-order valence-corrected chi connectivity index (χ4v) is 2.22. The quantitative estimate of drug-likeness (QED) is 0.746. The summed E-state index contributed by atoms with van der Waals surface area (Å²) in [5.41, 5.74) is 4.92. The summed E-state index contributed by atoms with van der Waals surface area (Å²) in [5, 5.41) is 1.05. The Hall–Kier alpha value is -0.250. The highest BCUT2D eigenvalue weighted by atomic mass is 79.9. The van der Waals surface area contributed by atoms with E-state index < -0.39 is 6.09 Å². The summed E-state index contributed by atoms with van der Waals surface area (Å²) in [7, 11) is 0. The van der Waals surface area contributed by atoms with E-state index >= 15 is 0 Å². The van der Waals surface area contributed by atoms with Gasteiger partial charge in [0.05, 0.1) is 0 Å². The molecule has 0 aromatic rings. The molecule has 4 heteroatoms. The number of alkyl halides is 1. The van der Waals surface area contributed by atoms with Gasteiger partial charge in [0.15, 0.2) is 0 Å². The maximum absolute atomic E-state index is 10.4. The lowest BCUT2D eigenvalue weighted by molar-refractivity contribution is 0.0738. The van der Waals surface area contributed by atoms with Crippen LogP contribution in [0, 0.1) is 5.92 Å². The molecule has 0 aromatic carbocycles. The number of halogens is 1. The first-order chi connectivity index (χ1) is 5.72. The predicted molar refractivity (Wildman–Crippen MR) is 50.2 cm³/mol. The van der Waals surface area contributed by atoms with Gasteiger partial charge in [-0.3, -0.25) is 0 Å². The molecule has 3 nitrogen and oxygen atoms in total. The smallest absolute Gasteiger partial charge is 0.404 e. The van der Waals surface area contributed by atoms with Gasteiger partial charge in [-0.2, -0.15) is 0 Å². The van der Waals surface area contributed by atoms with Crippen LogP contribution in [0.25, 0.3) is 0 Å². The molecule has 0 bridgehead atoms. The summed E-state index contributed by atoms with van der Waals surface area (Å²) in [6.45, 7) is 0. The van der Waals surface area contributed by atoms with Gasteiger partial charge in [0.1, 0.15) is 6.10 Å². The van der Waals surface area contributed by atoms with Crippen LogP contribution in [0.15, 0.2) is 0 Å². The van der Waals surface area contributed by atoms with Crippen molar-refractivity contribution in [2.45, 2.75) is 31.8 Å². The Morgan fingerprint density at radius 1 is 1.42 bits per heavy atom. The highest BCUT2D eigenvalue weighted by molar-refractivity contribution is 9.09. The van der Waals surface area contributed by atoms with Gasteiger partial charge in [0.25, 0.3) is 0 Å². The molecular weight excluding hydrogens is 222 g/mol. The summed E-state index contributed by atoms with van der Waals surface area (Å²) in [4.78, 5) is 10.4. The van der Waals surface area contributed by atoms with E-state index in [1.807, 2.05) is 0 Å². The Morgan fingerprint density at radius 2 is 2.00 bits per heavy atom. The van der Waals surface area contributed by atoms with E-state index in [9.17, 15) is 4.79 Å². The van der Waals surface area contributed by atoms with Crippen LogP contribution in [0.3, 0.4) is 0 Å². The average molecular weight is 236 g/mol. The van der Waals surface area contributed by atoms with Crippen molar-refractivity contribution in [2.24, 2.45) is 11.7 Å². The van der Waals surface area contributed by atoms with Crippen molar-refractivity contribution >= 4 is 22.0 Å². The standard InChI is InChI=1S/C8H14BrNO2/c9-5-6-1-3-7(4-2-6)12-8(10)11/h6-7H,1-5H2,(H2,10,11)/t6-,7+. The molecule has 1 amide bonds. The predicted octanol–water partition coefficient (Wildman–Crippen LogP) is 2.04. The summed E-state index contributed by atoms with van der Waals surface area (Å²) in [6, 6.07) is 0. The normalized spacial score (nSPS) is 29.8. The van der Waals surface area contributed by atoms with Crippen LogP contribution in [-0.2, 0) is 4.74 Å². The van der Waals surface area contributed by atoms with Crippen LogP contribution >= 0.6 is 15.9 Å². The van der Waals surface area contributed by atoms with Crippen LogP contribution in [0.2, 0.25) is 0 Å². The molecule has 0 aromatic heterocycles. The maximum atomic E-state index is 10.4. The number of carbonyl (C=O) groups is 1. The first kappa shape index (κ1) is 9.84. The molecule has 0 saturated heterocycles. The second-order valence-electron chi connectivity index (χ2n) is 3.23. The number of nitrogens with two attached hydrogens (primary N) is 1. The van der Waals surface area contributed by atoms with Crippen LogP contribution < -0.4 is 5.73 Å². The molecule has 2 N–H and O–H groups in total. The number of rotatable bonds is 2. The number of hydrogen-bond acceptors (Lipinski definition) is 2. The Balaban J connectivity index is 2.21. The Bertz CT molecular complexity index is 155. The minimum absolute atomic E-state index is 0.0674. The third kappa shape index (κ3) is 3.01. The number of primary amides is 1. The minimum Gasteiger partial charge on any atom is -0.446 e. The monoisotopic (exact) mass is 235 g/mol. The third-order valence-electron chi connectivity index (χ3n) is 2.29. The molecule has 0 unspecified atom stereocenters. The van der Waals surface area contributed by atoms with Gasteiger partial charge >= 0.3 is 6.09 Å². The molecule has 0 atom stereocenters. The fourth-order valence-electron chi connectivity index (χ4n) is 1.57. The molecule has 1 rings (SSSR count). The van der Waals surface area contributed by atoms with Gasteiger partial charge < -0.3 is 10.5 Å². The minimum atomic E-state index is -0.641. The van der Waals surface area contributed by atoms with E-state index in [-0.39, 0.29) is 6.10 Å². The van der Waals surface area contributed by atoms with E-state index in [0.29, 0.717) is 0 Å². The van der Waals surface area contributed by atoms with E-state index in [1.165, 1.54) is 0 Å². The largest absolute Gasteiger partial charge is 0.446 e. The maximum Gasteiger partial charge on any atom is 0.404 e. The fraction of sp³-hybridized carbons (Fsp3) is 0.875. The van der Waals surface area contributed by atoms with E-state index in [4.69, 9.17) is 10.5 Å². The zero-order chi connectivity index (χ0) is 8.97. The number of ether oxygens (including phenoxy) is 1. The first-order valence-electron chi connectivity index (χ1n) is 4.24. The molecule has 0 spiro atoms. The Labute approximate surface area is 80.8 Å². The third-order valence-corrected chi connectivity index (χ3v) is 3.21. The van der Waals surface area contributed by atoms with Crippen LogP contribution in [0.5, 0.6) is 0 Å². The Morgan fingerprint density at radius 3 is 2.42 bits per heavy atom. The van der Waals surface area contributed by atoms with Gasteiger partial charge in [0, 0.05) is 5.33 Å². The number of hydrogen-bond donors (Lipinski definition) is 1. The molecular formula is C8H14BrNO2. The highest BCUT2D eigenvalue weighted by Crippen LogP contribution is 2.27. The van der Waals surface area contributed by atoms with E-state index in [0.717, 1.165) is 36.9 Å². The van der Waals surface area contributed by atoms with Gasteiger partial charge in [-0.15, -0.1) is 0 Å². The lowest BCUT2D eigenvalue weighted by Gasteiger charge is -2.26. The van der Waals surface area contributed by atoms with Crippen molar-refractivity contribution in [2.75, 3.05) is 5.33 Å². The number of amides is 1. The molecule has 1 fully saturated rings. The zero-order valence-corrected chi connectivity index (χ0v) is 8.55. The van der Waals surface area contributed by atoms with Gasteiger partial charge in [0.2, 0.25) is 0 Å². The van der Waals surface area contributed by atoms with Crippen molar-refractivity contribution in [3.63, 3.8) is 0 Å². The van der Waals surface area contributed by atoms with E-state index in [1.54, 1.807) is 0 Å². The molecule has 0 aliphatic heterocycles. The van der Waals surface area contributed by atoms with Crippen molar-refractivity contribution < 1.29 is 9.53 Å². The van der Waals surface area contributed by atoms with Crippen LogP contribution in [0.1, 0.15) is 25.7 Å². The molecule has 1 aliphatic rings. The highest BCUT2D eigenvalue weighted by Gasteiger charge is 2.22. The van der Waals surface area contributed by atoms with Crippen molar-refractivity contribution in [1.29, 1.82) is 0 Å². The SMILES string of the molecule is NC(=O)O[C@H]1CC[C@@H](CBr)CC1. The summed E-state index contributed by atoms with van der Waals surface area (Å²) >= 11 is 3.45. The zero-order valence-electron chi connectivity index (χ0n) is 6.96. The van der Waals surface area contributed by atoms with Crippen molar-refractivity contribution in [1.82, 2.24) is 0 Å². The first-order valence-corrected chi connectivity index (χ1v) is 5.36. The molecule has 12 heavy (non-hydrogen) atoms. The second kappa shape index (κ2) is 4.70. The lowest BCUT2D eigenvalue weighted by atomic mass is 9.89. The van der Waals surface area contributed by atoms with Crippen molar-refractivity contribution in [3.05, 3.63) is 0 Å². The molecule has 1 saturated carbocycles. The van der Waals surface area contributed by atoms with Crippen LogP contribution in [-0.4, -0.2) is 17.5 Å². The summed E-state index contributed by atoms with van der Waals surface area (Å²) in [5.74, 6) is 0.748. The molecule has 1 aliphatic carbocycles. The topological polar surface area (TPSA) is 52.3 Å². The van der Waals surface area contributed by atoms with E-state index in [2.05, 4.69) is 15.9 Å². The lowest BCUT2D eigenvalue weighted by Crippen LogP contribution is -2.27. The summed E-state index contributed by atoms with van der Waals surface area (Å²) in [6.07, 6.45) is 3.60. The van der Waals surface area contributed by atoms with Gasteiger partial charge in [-0.25, -0.2) is 4.79 Å². The molecule has 0 heterocycles. The second-order valence-corrected chi connectivity index (χ2v) is 3.88. The van der Waals surface area contributed by atoms with Gasteiger partial charge in [-0.05, 0) is 31.6 Å². The van der Waals surface area contributed by atoms with Gasteiger partial charge in [-0.1, -0.05) is 15.9 Å². The van der Waals surface area contributed by atoms with Crippen LogP contribution in [0.4, 0.5) is 4.79 Å². The summed E-state index contributed by atoms with van der Waals surface area (Å²) < 4.78 is 4.91.